The molecule has 3 aromatic rings. The van der Waals surface area contributed by atoms with Crippen LogP contribution in [0.15, 0.2) is 66.2 Å². The first-order valence-electron chi connectivity index (χ1n) is 8.91. The monoisotopic (exact) mass is 375 g/mol. The minimum Gasteiger partial charge on any atom is -0.494 e. The van der Waals surface area contributed by atoms with Crippen molar-refractivity contribution in [1.29, 1.82) is 5.26 Å². The maximum absolute atomic E-state index is 9.52. The second-order valence-corrected chi connectivity index (χ2v) is 6.81. The third kappa shape index (κ3) is 5.19. The molecule has 4 nitrogen and oxygen atoms in total. The van der Waals surface area contributed by atoms with Gasteiger partial charge in [0.1, 0.15) is 22.4 Å². The van der Waals surface area contributed by atoms with Gasteiger partial charge >= 0.3 is 0 Å². The number of allylic oxidation sites excluding steroid dienone is 1. The van der Waals surface area contributed by atoms with Crippen LogP contribution in [0.25, 0.3) is 16.8 Å². The molecule has 0 amide bonds. The van der Waals surface area contributed by atoms with Crippen LogP contribution >= 0.6 is 11.3 Å². The minimum absolute atomic E-state index is 0.500. The summed E-state index contributed by atoms with van der Waals surface area (Å²) in [5, 5.41) is 15.4. The van der Waals surface area contributed by atoms with Crippen LogP contribution in [0, 0.1) is 11.3 Å². The predicted molar refractivity (Wildman–Crippen MR) is 112 cm³/mol. The Balaban J connectivity index is 1.71. The number of anilines is 1. The maximum Gasteiger partial charge on any atom is 0.136 e. The summed E-state index contributed by atoms with van der Waals surface area (Å²) in [5.41, 5.74) is 3.29. The summed E-state index contributed by atoms with van der Waals surface area (Å²) >= 11 is 1.46. The number of ether oxygens (including phenoxy) is 1. The van der Waals surface area contributed by atoms with Gasteiger partial charge in [-0.1, -0.05) is 49.7 Å². The lowest BCUT2D eigenvalue weighted by molar-refractivity contribution is 0.309. The Hall–Kier alpha value is -3.10. The van der Waals surface area contributed by atoms with E-state index in [0.717, 1.165) is 35.5 Å². The first kappa shape index (κ1) is 18.7. The van der Waals surface area contributed by atoms with Crippen LogP contribution in [-0.2, 0) is 0 Å². The Morgan fingerprint density at radius 3 is 2.85 bits per heavy atom. The number of benzene rings is 2. The number of rotatable bonds is 8. The van der Waals surface area contributed by atoms with Gasteiger partial charge in [0.15, 0.2) is 0 Å². The zero-order chi connectivity index (χ0) is 18.9. The van der Waals surface area contributed by atoms with E-state index in [1.54, 1.807) is 6.20 Å². The molecule has 0 fully saturated rings. The molecule has 0 saturated carbocycles. The average Bonchev–Trinajstić information content (AvgIpc) is 3.20. The number of nitriles is 1. The van der Waals surface area contributed by atoms with Crippen LogP contribution in [0.5, 0.6) is 5.75 Å². The van der Waals surface area contributed by atoms with Crippen molar-refractivity contribution in [1.82, 2.24) is 4.98 Å². The van der Waals surface area contributed by atoms with Crippen molar-refractivity contribution in [3.05, 3.63) is 71.2 Å². The highest BCUT2D eigenvalue weighted by Crippen LogP contribution is 2.26. The van der Waals surface area contributed by atoms with Gasteiger partial charge < -0.3 is 10.1 Å². The summed E-state index contributed by atoms with van der Waals surface area (Å²) in [4.78, 5) is 4.59. The summed E-state index contributed by atoms with van der Waals surface area (Å²) in [7, 11) is 0. The van der Waals surface area contributed by atoms with Crippen molar-refractivity contribution >= 4 is 22.6 Å². The molecular formula is C22H21N3OS. The zero-order valence-electron chi connectivity index (χ0n) is 15.2. The fourth-order valence-corrected chi connectivity index (χ4v) is 3.24. The normalized spacial score (nSPS) is 11.0. The molecule has 5 heteroatoms. The topological polar surface area (TPSA) is 57.9 Å². The molecule has 0 bridgehead atoms. The molecule has 0 unspecified atom stereocenters. The molecule has 0 saturated heterocycles. The number of hydrogen-bond acceptors (Lipinski definition) is 5. The average molecular weight is 375 g/mol. The maximum atomic E-state index is 9.52. The second-order valence-electron chi connectivity index (χ2n) is 5.95. The Labute approximate surface area is 163 Å². The summed E-state index contributed by atoms with van der Waals surface area (Å²) in [6.45, 7) is 2.85. The highest BCUT2D eigenvalue weighted by molar-refractivity contribution is 7.11. The van der Waals surface area contributed by atoms with E-state index in [-0.39, 0.29) is 0 Å². The van der Waals surface area contributed by atoms with Crippen LogP contribution in [0.3, 0.4) is 0 Å². The molecule has 136 valence electrons. The minimum atomic E-state index is 0.500. The number of unbranched alkanes of at least 4 members (excludes halogenated alkanes) is 1. The van der Waals surface area contributed by atoms with E-state index >= 15 is 0 Å². The molecule has 0 aliphatic rings. The van der Waals surface area contributed by atoms with Crippen LogP contribution in [0.1, 0.15) is 24.8 Å². The molecule has 0 aliphatic heterocycles. The third-order valence-electron chi connectivity index (χ3n) is 3.91. The van der Waals surface area contributed by atoms with Gasteiger partial charge in [0.05, 0.1) is 12.3 Å². The van der Waals surface area contributed by atoms with Crippen LogP contribution in [0.4, 0.5) is 5.69 Å². The molecule has 0 spiro atoms. The fourth-order valence-electron chi connectivity index (χ4n) is 2.45. The first-order chi connectivity index (χ1) is 13.3. The SMILES string of the molecule is CCCCOc1cccc(NC=C(C#N)c2nc(-c3ccccc3)cs2)c1. The summed E-state index contributed by atoms with van der Waals surface area (Å²) in [6.07, 6.45) is 3.83. The van der Waals surface area contributed by atoms with Gasteiger partial charge in [0.25, 0.3) is 0 Å². The molecule has 1 aromatic heterocycles. The molecular weight excluding hydrogens is 354 g/mol. The van der Waals surface area contributed by atoms with Crippen molar-refractivity contribution in [3.8, 4) is 23.1 Å². The van der Waals surface area contributed by atoms with Gasteiger partial charge in [0, 0.05) is 28.9 Å². The Morgan fingerprint density at radius 2 is 2.07 bits per heavy atom. The van der Waals surface area contributed by atoms with E-state index in [1.165, 1.54) is 11.3 Å². The van der Waals surface area contributed by atoms with Crippen LogP contribution < -0.4 is 10.1 Å². The van der Waals surface area contributed by atoms with Crippen molar-refractivity contribution in [3.63, 3.8) is 0 Å². The quantitative estimate of drug-likeness (QED) is 0.389. The van der Waals surface area contributed by atoms with Crippen molar-refractivity contribution < 1.29 is 4.74 Å². The summed E-state index contributed by atoms with van der Waals surface area (Å²) in [6, 6.07) is 19.9. The van der Waals surface area contributed by atoms with Crippen molar-refractivity contribution in [2.24, 2.45) is 0 Å². The van der Waals surface area contributed by atoms with Gasteiger partial charge in [-0.05, 0) is 18.6 Å². The van der Waals surface area contributed by atoms with Gasteiger partial charge in [0.2, 0.25) is 0 Å². The molecule has 0 radical (unpaired) electrons. The van der Waals surface area contributed by atoms with E-state index in [0.29, 0.717) is 17.2 Å². The molecule has 1 N–H and O–H groups in total. The lowest BCUT2D eigenvalue weighted by Gasteiger charge is -2.07. The highest BCUT2D eigenvalue weighted by Gasteiger charge is 2.08. The molecule has 27 heavy (non-hydrogen) atoms. The van der Waals surface area contributed by atoms with E-state index in [9.17, 15) is 5.26 Å². The first-order valence-corrected chi connectivity index (χ1v) is 9.79. The number of hydrogen-bond donors (Lipinski definition) is 1. The van der Waals surface area contributed by atoms with Crippen LogP contribution in [-0.4, -0.2) is 11.6 Å². The molecule has 0 aliphatic carbocycles. The van der Waals surface area contributed by atoms with Crippen molar-refractivity contribution in [2.45, 2.75) is 19.8 Å². The summed E-state index contributed by atoms with van der Waals surface area (Å²) in [5.74, 6) is 0.820. The molecule has 2 aromatic carbocycles. The Morgan fingerprint density at radius 1 is 1.22 bits per heavy atom. The third-order valence-corrected chi connectivity index (χ3v) is 4.78. The van der Waals surface area contributed by atoms with E-state index in [4.69, 9.17) is 4.74 Å². The lowest BCUT2D eigenvalue weighted by atomic mass is 10.2. The van der Waals surface area contributed by atoms with Crippen molar-refractivity contribution in [2.75, 3.05) is 11.9 Å². The van der Waals surface area contributed by atoms with Gasteiger partial charge in [-0.25, -0.2) is 4.98 Å². The predicted octanol–water partition coefficient (Wildman–Crippen LogP) is 5.97. The standard InChI is InChI=1S/C22H21N3OS/c1-2-3-12-26-20-11-7-10-19(13-20)24-15-18(14-23)22-25-21(16-27-22)17-8-5-4-6-9-17/h4-11,13,15-16,24H,2-3,12H2,1H3. The fraction of sp³-hybridized carbons (Fsp3) is 0.182. The smallest absolute Gasteiger partial charge is 0.136 e. The highest BCUT2D eigenvalue weighted by atomic mass is 32.1. The van der Waals surface area contributed by atoms with Gasteiger partial charge in [-0.15, -0.1) is 11.3 Å². The largest absolute Gasteiger partial charge is 0.494 e. The Bertz CT molecular complexity index is 941. The van der Waals surface area contributed by atoms with E-state index in [2.05, 4.69) is 23.3 Å². The number of nitrogens with zero attached hydrogens (tertiary/aromatic N) is 2. The lowest BCUT2D eigenvalue weighted by Crippen LogP contribution is -1.97. The summed E-state index contributed by atoms with van der Waals surface area (Å²) < 4.78 is 5.72. The number of thiazole rings is 1. The molecule has 0 atom stereocenters. The Kier molecular flexibility index (Phi) is 6.61. The van der Waals surface area contributed by atoms with Gasteiger partial charge in [-0.2, -0.15) is 5.26 Å². The van der Waals surface area contributed by atoms with Gasteiger partial charge in [-0.3, -0.25) is 0 Å². The second kappa shape index (κ2) is 9.56. The molecule has 3 rings (SSSR count). The van der Waals surface area contributed by atoms with Crippen LogP contribution in [0.2, 0.25) is 0 Å². The van der Waals surface area contributed by atoms with E-state index in [1.807, 2.05) is 60.0 Å². The number of nitrogens with one attached hydrogen (secondary N) is 1. The number of aromatic nitrogens is 1. The van der Waals surface area contributed by atoms with E-state index < -0.39 is 0 Å². The zero-order valence-corrected chi connectivity index (χ0v) is 16.0. The molecule has 1 heterocycles.